The van der Waals surface area contributed by atoms with Gasteiger partial charge in [0.05, 0.1) is 6.42 Å². The summed E-state index contributed by atoms with van der Waals surface area (Å²) in [6, 6.07) is 25.6. The summed E-state index contributed by atoms with van der Waals surface area (Å²) in [5, 5.41) is 2.67. The SMILES string of the molecule is CC(=O)c1ccc(OC(CCC(=O)OC(c2ccccc2)c2ccccc2)NC(=O)OC(C)(C)C)cc1. The molecule has 1 N–H and O–H groups in total. The summed E-state index contributed by atoms with van der Waals surface area (Å²) in [7, 11) is 0. The van der Waals surface area contributed by atoms with Crippen LogP contribution in [0.2, 0.25) is 0 Å². The monoisotopic (exact) mass is 503 g/mol. The molecule has 0 saturated heterocycles. The Bertz CT molecular complexity index is 1130. The van der Waals surface area contributed by atoms with Crippen LogP contribution in [0.15, 0.2) is 84.9 Å². The van der Waals surface area contributed by atoms with Crippen LogP contribution in [0.5, 0.6) is 5.75 Å². The van der Waals surface area contributed by atoms with E-state index in [2.05, 4.69) is 5.32 Å². The van der Waals surface area contributed by atoms with Crippen LogP contribution >= 0.6 is 0 Å². The first-order chi connectivity index (χ1) is 17.6. The Hall–Kier alpha value is -4.13. The van der Waals surface area contributed by atoms with E-state index >= 15 is 0 Å². The zero-order chi connectivity index (χ0) is 26.8. The highest BCUT2D eigenvalue weighted by atomic mass is 16.6. The lowest BCUT2D eigenvalue weighted by Crippen LogP contribution is -2.42. The Morgan fingerprint density at radius 3 is 1.84 bits per heavy atom. The van der Waals surface area contributed by atoms with Crippen LogP contribution in [0.25, 0.3) is 0 Å². The van der Waals surface area contributed by atoms with Crippen LogP contribution < -0.4 is 10.1 Å². The van der Waals surface area contributed by atoms with Crippen molar-refractivity contribution in [2.75, 3.05) is 0 Å². The van der Waals surface area contributed by atoms with E-state index in [0.29, 0.717) is 11.3 Å². The normalized spacial score (nSPS) is 11.9. The lowest BCUT2D eigenvalue weighted by Gasteiger charge is -2.24. The summed E-state index contributed by atoms with van der Waals surface area (Å²) < 4.78 is 17.2. The second-order valence-electron chi connectivity index (χ2n) is 9.56. The van der Waals surface area contributed by atoms with Crippen LogP contribution in [-0.2, 0) is 14.3 Å². The predicted octanol–water partition coefficient (Wildman–Crippen LogP) is 6.23. The molecular formula is C30H33NO6. The van der Waals surface area contributed by atoms with Crippen LogP contribution in [-0.4, -0.2) is 29.7 Å². The quantitative estimate of drug-likeness (QED) is 0.200. The first kappa shape index (κ1) is 27.5. The van der Waals surface area contributed by atoms with Gasteiger partial charge >= 0.3 is 12.1 Å². The third kappa shape index (κ3) is 9.11. The van der Waals surface area contributed by atoms with Crippen molar-refractivity contribution in [3.05, 3.63) is 102 Å². The molecule has 0 saturated carbocycles. The van der Waals surface area contributed by atoms with E-state index in [4.69, 9.17) is 14.2 Å². The molecule has 0 aliphatic heterocycles. The van der Waals surface area contributed by atoms with Gasteiger partial charge < -0.3 is 14.2 Å². The fourth-order valence-corrected chi connectivity index (χ4v) is 3.56. The molecule has 0 bridgehead atoms. The maximum absolute atomic E-state index is 12.9. The molecule has 3 aromatic rings. The molecule has 1 amide bonds. The van der Waals surface area contributed by atoms with Gasteiger partial charge in [-0.2, -0.15) is 0 Å². The van der Waals surface area contributed by atoms with Crippen molar-refractivity contribution < 1.29 is 28.6 Å². The molecule has 1 unspecified atom stereocenters. The second-order valence-corrected chi connectivity index (χ2v) is 9.56. The fourth-order valence-electron chi connectivity index (χ4n) is 3.56. The highest BCUT2D eigenvalue weighted by molar-refractivity contribution is 5.94. The zero-order valence-electron chi connectivity index (χ0n) is 21.6. The Balaban J connectivity index is 1.70. The number of carbonyl (C=O) groups excluding carboxylic acids is 3. The first-order valence-electron chi connectivity index (χ1n) is 12.2. The lowest BCUT2D eigenvalue weighted by atomic mass is 10.0. The van der Waals surface area contributed by atoms with Gasteiger partial charge in [-0.25, -0.2) is 4.79 Å². The third-order valence-electron chi connectivity index (χ3n) is 5.28. The largest absolute Gasteiger partial charge is 0.471 e. The van der Waals surface area contributed by atoms with Gasteiger partial charge in [0.2, 0.25) is 0 Å². The standard InChI is InChI=1S/C30H33NO6/c1-21(32)22-15-17-25(18-16-22)35-26(31-29(34)37-30(2,3)4)19-20-27(33)36-28(23-11-7-5-8-12-23)24-13-9-6-10-14-24/h5-18,26,28H,19-20H2,1-4H3,(H,31,34). The first-order valence-corrected chi connectivity index (χ1v) is 12.2. The van der Waals surface area contributed by atoms with Crippen LogP contribution in [0.1, 0.15) is 68.1 Å². The summed E-state index contributed by atoms with van der Waals surface area (Å²) in [4.78, 5) is 36.9. The van der Waals surface area contributed by atoms with Crippen molar-refractivity contribution in [3.8, 4) is 5.75 Å². The van der Waals surface area contributed by atoms with Crippen molar-refractivity contribution in [3.63, 3.8) is 0 Å². The van der Waals surface area contributed by atoms with E-state index in [1.54, 1.807) is 45.0 Å². The molecule has 0 aliphatic rings. The minimum absolute atomic E-state index is 0.0117. The average molecular weight is 504 g/mol. The van der Waals surface area contributed by atoms with E-state index in [1.165, 1.54) is 6.92 Å². The number of ketones is 1. The Labute approximate surface area is 217 Å². The predicted molar refractivity (Wildman–Crippen MR) is 140 cm³/mol. The molecule has 0 fully saturated rings. The van der Waals surface area contributed by atoms with Crippen LogP contribution in [0.3, 0.4) is 0 Å². The number of amides is 1. The van der Waals surface area contributed by atoms with Gasteiger partial charge in [-0.1, -0.05) is 60.7 Å². The number of carbonyl (C=O) groups is 3. The van der Waals surface area contributed by atoms with Gasteiger partial charge in [-0.3, -0.25) is 14.9 Å². The van der Waals surface area contributed by atoms with Gasteiger partial charge in [0, 0.05) is 12.0 Å². The van der Waals surface area contributed by atoms with E-state index in [1.807, 2.05) is 60.7 Å². The van der Waals surface area contributed by atoms with Crippen molar-refractivity contribution in [1.82, 2.24) is 5.32 Å². The second kappa shape index (κ2) is 12.7. The molecular weight excluding hydrogens is 470 g/mol. The van der Waals surface area contributed by atoms with Gasteiger partial charge in [-0.15, -0.1) is 0 Å². The van der Waals surface area contributed by atoms with E-state index in [9.17, 15) is 14.4 Å². The molecule has 3 aromatic carbocycles. The van der Waals surface area contributed by atoms with Gasteiger partial charge in [-0.05, 0) is 63.1 Å². The van der Waals surface area contributed by atoms with Gasteiger partial charge in [0.15, 0.2) is 18.1 Å². The molecule has 37 heavy (non-hydrogen) atoms. The molecule has 0 aromatic heterocycles. The van der Waals surface area contributed by atoms with Crippen molar-refractivity contribution in [1.29, 1.82) is 0 Å². The van der Waals surface area contributed by atoms with Gasteiger partial charge in [0.25, 0.3) is 0 Å². The Morgan fingerprint density at radius 2 is 1.35 bits per heavy atom. The Morgan fingerprint density at radius 1 is 0.811 bits per heavy atom. The smallest absolute Gasteiger partial charge is 0.410 e. The van der Waals surface area contributed by atoms with E-state index < -0.39 is 30.0 Å². The summed E-state index contributed by atoms with van der Waals surface area (Å²) >= 11 is 0. The molecule has 3 rings (SSSR count). The number of nitrogens with one attached hydrogen (secondary N) is 1. The number of esters is 1. The molecule has 1 atom stereocenters. The number of alkyl carbamates (subject to hydrolysis) is 1. The highest BCUT2D eigenvalue weighted by Gasteiger charge is 2.23. The number of ether oxygens (including phenoxy) is 3. The Kier molecular flexibility index (Phi) is 9.44. The number of hydrogen-bond acceptors (Lipinski definition) is 6. The molecule has 194 valence electrons. The number of rotatable bonds is 10. The summed E-state index contributed by atoms with van der Waals surface area (Å²) in [6.45, 7) is 6.75. The topological polar surface area (TPSA) is 90.9 Å². The van der Waals surface area contributed by atoms with Crippen molar-refractivity contribution in [2.45, 2.75) is 58.5 Å². The van der Waals surface area contributed by atoms with E-state index in [-0.39, 0.29) is 18.6 Å². The summed E-state index contributed by atoms with van der Waals surface area (Å²) in [6.07, 6.45) is -1.97. The lowest BCUT2D eigenvalue weighted by molar-refractivity contribution is -0.148. The molecule has 7 heteroatoms. The van der Waals surface area contributed by atoms with E-state index in [0.717, 1.165) is 11.1 Å². The van der Waals surface area contributed by atoms with Gasteiger partial charge in [0.1, 0.15) is 11.4 Å². The molecule has 0 radical (unpaired) electrons. The number of benzene rings is 3. The molecule has 0 aliphatic carbocycles. The molecule has 7 nitrogen and oxygen atoms in total. The maximum atomic E-state index is 12.9. The third-order valence-corrected chi connectivity index (χ3v) is 5.28. The van der Waals surface area contributed by atoms with Crippen molar-refractivity contribution in [2.24, 2.45) is 0 Å². The number of Topliss-reactive ketones (excluding diaryl/α,β-unsaturated/α-hetero) is 1. The maximum Gasteiger partial charge on any atom is 0.410 e. The van der Waals surface area contributed by atoms with Crippen LogP contribution in [0.4, 0.5) is 4.79 Å². The van der Waals surface area contributed by atoms with Crippen molar-refractivity contribution >= 4 is 17.8 Å². The fraction of sp³-hybridized carbons (Fsp3) is 0.300. The van der Waals surface area contributed by atoms with Crippen LogP contribution in [0, 0.1) is 0 Å². The summed E-state index contributed by atoms with van der Waals surface area (Å²) in [5.41, 5.74) is 1.55. The average Bonchev–Trinajstić information content (AvgIpc) is 2.86. The molecule has 0 spiro atoms. The summed E-state index contributed by atoms with van der Waals surface area (Å²) in [5.74, 6) is -0.0702. The minimum Gasteiger partial charge on any atom is -0.471 e. The highest BCUT2D eigenvalue weighted by Crippen LogP contribution is 2.27. The zero-order valence-corrected chi connectivity index (χ0v) is 21.6. The number of hydrogen-bond donors (Lipinski definition) is 1. The minimum atomic E-state index is -0.863. The molecule has 0 heterocycles.